The van der Waals surface area contributed by atoms with Crippen molar-refractivity contribution < 1.29 is 10.2 Å². The molecule has 0 spiro atoms. The third kappa shape index (κ3) is 3.70. The van der Waals surface area contributed by atoms with Crippen LogP contribution in [0.2, 0.25) is 0 Å². The highest BCUT2D eigenvalue weighted by molar-refractivity contribution is 5.19. The van der Waals surface area contributed by atoms with Gasteiger partial charge in [-0.2, -0.15) is 0 Å². The Morgan fingerprint density at radius 1 is 0.647 bits per heavy atom. The van der Waals surface area contributed by atoms with E-state index >= 15 is 0 Å². The van der Waals surface area contributed by atoms with E-state index in [0.717, 1.165) is 11.1 Å². The second-order valence-corrected chi connectivity index (χ2v) is 4.31. The van der Waals surface area contributed by atoms with Crippen molar-refractivity contribution >= 4 is 0 Å². The molecule has 2 heteroatoms. The molecule has 0 aliphatic heterocycles. The van der Waals surface area contributed by atoms with Gasteiger partial charge in [-0.05, 0) is 11.1 Å². The quantitative estimate of drug-likeness (QED) is 0.787. The molecule has 2 N–H and O–H groups in total. The van der Waals surface area contributed by atoms with Crippen molar-refractivity contribution in [1.82, 2.24) is 0 Å². The average Bonchev–Trinajstić information content (AvgIpc) is 2.30. The Morgan fingerprint density at radius 3 is 1.35 bits per heavy atom. The Morgan fingerprint density at radius 2 is 1.00 bits per heavy atom. The van der Waals surface area contributed by atoms with Gasteiger partial charge in [-0.25, -0.2) is 0 Å². The van der Waals surface area contributed by atoms with Crippen LogP contribution in [0.4, 0.5) is 0 Å². The summed E-state index contributed by atoms with van der Waals surface area (Å²) in [4.78, 5) is 0. The lowest BCUT2D eigenvalue weighted by molar-refractivity contribution is -0.157. The van der Waals surface area contributed by atoms with Crippen LogP contribution < -0.4 is 0 Å². The Hall–Kier alpha value is -1.64. The lowest BCUT2D eigenvalue weighted by Gasteiger charge is -2.22. The zero-order valence-corrected chi connectivity index (χ0v) is 9.58. The fraction of sp³-hybridized carbons (Fsp3) is 0.200. The van der Waals surface area contributed by atoms with Crippen molar-refractivity contribution in [2.45, 2.75) is 18.6 Å². The highest BCUT2D eigenvalue weighted by Gasteiger charge is 2.23. The molecule has 0 unspecified atom stereocenters. The molecule has 0 bridgehead atoms. The first-order valence-electron chi connectivity index (χ1n) is 5.68. The van der Waals surface area contributed by atoms with Crippen LogP contribution in [0, 0.1) is 0 Å². The third-order valence-corrected chi connectivity index (χ3v) is 2.66. The smallest absolute Gasteiger partial charge is 0.170 e. The van der Waals surface area contributed by atoms with Crippen LogP contribution in [0.15, 0.2) is 60.7 Å². The van der Waals surface area contributed by atoms with Gasteiger partial charge in [0, 0.05) is 12.8 Å². The predicted octanol–water partition coefficient (Wildman–Crippen LogP) is 2.15. The van der Waals surface area contributed by atoms with Gasteiger partial charge in [0.15, 0.2) is 5.79 Å². The van der Waals surface area contributed by atoms with Crippen molar-refractivity contribution in [1.29, 1.82) is 0 Å². The van der Waals surface area contributed by atoms with E-state index in [1.54, 1.807) is 0 Å². The second-order valence-electron chi connectivity index (χ2n) is 4.31. The third-order valence-electron chi connectivity index (χ3n) is 2.66. The van der Waals surface area contributed by atoms with Crippen molar-refractivity contribution in [3.05, 3.63) is 71.8 Å². The molecule has 0 fully saturated rings. The van der Waals surface area contributed by atoms with Crippen LogP contribution in [-0.4, -0.2) is 16.0 Å². The molecule has 88 valence electrons. The monoisotopic (exact) mass is 228 g/mol. The van der Waals surface area contributed by atoms with Gasteiger partial charge >= 0.3 is 0 Å². The molecule has 0 atom stereocenters. The summed E-state index contributed by atoms with van der Waals surface area (Å²) in [6.45, 7) is 0. The molecule has 0 saturated heterocycles. The molecular weight excluding hydrogens is 212 g/mol. The van der Waals surface area contributed by atoms with Crippen molar-refractivity contribution in [2.24, 2.45) is 0 Å². The van der Waals surface area contributed by atoms with Gasteiger partial charge in [0.25, 0.3) is 0 Å². The number of rotatable bonds is 4. The number of benzene rings is 2. The van der Waals surface area contributed by atoms with E-state index in [9.17, 15) is 10.2 Å². The fourth-order valence-electron chi connectivity index (χ4n) is 1.91. The minimum Gasteiger partial charge on any atom is -0.365 e. The lowest BCUT2D eigenvalue weighted by atomic mass is 9.98. The zero-order chi connectivity index (χ0) is 12.1. The lowest BCUT2D eigenvalue weighted by Crippen LogP contribution is -2.33. The van der Waals surface area contributed by atoms with E-state index in [1.807, 2.05) is 60.7 Å². The molecule has 0 amide bonds. The summed E-state index contributed by atoms with van der Waals surface area (Å²) in [7, 11) is 0. The van der Waals surface area contributed by atoms with E-state index < -0.39 is 5.79 Å². The minimum atomic E-state index is -1.69. The van der Waals surface area contributed by atoms with Gasteiger partial charge in [0.05, 0.1) is 0 Å². The topological polar surface area (TPSA) is 40.5 Å². The summed E-state index contributed by atoms with van der Waals surface area (Å²) in [5.41, 5.74) is 1.85. The standard InChI is InChI=1S/C15H16O2/c16-15(17,11-13-7-3-1-4-8-13)12-14-9-5-2-6-10-14/h1-10,16-17H,11-12H2. The van der Waals surface area contributed by atoms with Crippen LogP contribution in [0.25, 0.3) is 0 Å². The fourth-order valence-corrected chi connectivity index (χ4v) is 1.91. The maximum atomic E-state index is 9.98. The molecule has 2 rings (SSSR count). The predicted molar refractivity (Wildman–Crippen MR) is 67.5 cm³/mol. The molecule has 0 saturated carbocycles. The van der Waals surface area contributed by atoms with E-state index in [4.69, 9.17) is 0 Å². The summed E-state index contributed by atoms with van der Waals surface area (Å²) >= 11 is 0. The van der Waals surface area contributed by atoms with Crippen molar-refractivity contribution in [3.8, 4) is 0 Å². The van der Waals surface area contributed by atoms with Gasteiger partial charge in [0.2, 0.25) is 0 Å². The SMILES string of the molecule is OC(O)(Cc1ccccc1)Cc1ccccc1. The minimum absolute atomic E-state index is 0.239. The molecule has 2 nitrogen and oxygen atoms in total. The molecule has 0 aliphatic rings. The molecule has 2 aromatic rings. The Balaban J connectivity index is 2.04. The van der Waals surface area contributed by atoms with Crippen LogP contribution in [0.5, 0.6) is 0 Å². The Kier molecular flexibility index (Phi) is 3.57. The molecular formula is C15H16O2. The molecule has 0 heterocycles. The van der Waals surface area contributed by atoms with Crippen LogP contribution in [-0.2, 0) is 12.8 Å². The summed E-state index contributed by atoms with van der Waals surface area (Å²) in [5.74, 6) is -1.69. The van der Waals surface area contributed by atoms with Crippen molar-refractivity contribution in [2.75, 3.05) is 0 Å². The van der Waals surface area contributed by atoms with E-state index in [0.29, 0.717) is 0 Å². The number of aliphatic hydroxyl groups is 2. The normalized spacial score (nSPS) is 11.4. The maximum Gasteiger partial charge on any atom is 0.170 e. The highest BCUT2D eigenvalue weighted by atomic mass is 16.5. The van der Waals surface area contributed by atoms with Gasteiger partial charge in [-0.1, -0.05) is 60.7 Å². The van der Waals surface area contributed by atoms with E-state index in [-0.39, 0.29) is 12.8 Å². The zero-order valence-electron chi connectivity index (χ0n) is 9.58. The first-order chi connectivity index (χ1) is 8.16. The Bertz CT molecular complexity index is 405. The molecule has 0 radical (unpaired) electrons. The number of hydrogen-bond donors (Lipinski definition) is 2. The van der Waals surface area contributed by atoms with Gasteiger partial charge < -0.3 is 10.2 Å². The van der Waals surface area contributed by atoms with E-state index in [2.05, 4.69) is 0 Å². The second kappa shape index (κ2) is 5.13. The maximum absolute atomic E-state index is 9.98. The first kappa shape index (κ1) is 11.8. The molecule has 17 heavy (non-hydrogen) atoms. The number of hydrogen-bond acceptors (Lipinski definition) is 2. The van der Waals surface area contributed by atoms with Gasteiger partial charge in [-0.3, -0.25) is 0 Å². The van der Waals surface area contributed by atoms with E-state index in [1.165, 1.54) is 0 Å². The van der Waals surface area contributed by atoms with Crippen LogP contribution >= 0.6 is 0 Å². The summed E-state index contributed by atoms with van der Waals surface area (Å²) in [6.07, 6.45) is 0.478. The summed E-state index contributed by atoms with van der Waals surface area (Å²) in [5, 5.41) is 20.0. The summed E-state index contributed by atoms with van der Waals surface area (Å²) in [6, 6.07) is 19.0. The Labute approximate surface area is 101 Å². The largest absolute Gasteiger partial charge is 0.365 e. The van der Waals surface area contributed by atoms with Crippen LogP contribution in [0.1, 0.15) is 11.1 Å². The molecule has 0 aliphatic carbocycles. The molecule has 0 aromatic heterocycles. The van der Waals surface area contributed by atoms with Gasteiger partial charge in [0.1, 0.15) is 0 Å². The first-order valence-corrected chi connectivity index (χ1v) is 5.68. The molecule has 2 aromatic carbocycles. The average molecular weight is 228 g/mol. The summed E-state index contributed by atoms with van der Waals surface area (Å²) < 4.78 is 0. The van der Waals surface area contributed by atoms with Crippen LogP contribution in [0.3, 0.4) is 0 Å². The van der Waals surface area contributed by atoms with Gasteiger partial charge in [-0.15, -0.1) is 0 Å². The van der Waals surface area contributed by atoms with Crippen molar-refractivity contribution in [3.63, 3.8) is 0 Å². The highest BCUT2D eigenvalue weighted by Crippen LogP contribution is 2.16.